The molecule has 0 aliphatic heterocycles. The van der Waals surface area contributed by atoms with Crippen molar-refractivity contribution in [3.8, 4) is 0 Å². The average Bonchev–Trinajstić information content (AvgIpc) is 0.831. The van der Waals surface area contributed by atoms with Gasteiger partial charge in [0, 0.05) is 150 Å². The molecule has 854 valence electrons. The Balaban J connectivity index is -0.0000000872. The van der Waals surface area contributed by atoms with Crippen molar-refractivity contribution in [2.24, 2.45) is 5.92 Å². The number of amides is 5. The van der Waals surface area contributed by atoms with Gasteiger partial charge in [-0.3, -0.25) is 33.2 Å². The van der Waals surface area contributed by atoms with Gasteiger partial charge in [-0.15, -0.1) is 0 Å². The zero-order valence-corrected chi connectivity index (χ0v) is 117. The number of nitrogens with one attached hydrogen (secondary N) is 1. The van der Waals surface area contributed by atoms with Crippen LogP contribution in [0.1, 0.15) is 247 Å². The van der Waals surface area contributed by atoms with Gasteiger partial charge in [0.15, 0.2) is 25.0 Å². The Morgan fingerprint density at radius 1 is 0.448 bits per heavy atom. The molecule has 31 heteroatoms. The Bertz CT molecular complexity index is 3380. The van der Waals surface area contributed by atoms with Crippen LogP contribution < -0.4 is 35.6 Å². The molecule has 0 saturated carbocycles. The molecule has 5 amide bonds. The fraction of sp³-hybridized carbons (Fsp3) is 0.732. The monoisotopic (exact) mass is 2420 g/mol. The summed E-state index contributed by atoms with van der Waals surface area (Å²) in [5.74, 6) is 1.15. The van der Waals surface area contributed by atoms with Crippen LogP contribution in [0, 0.1) is 5.92 Å². The lowest BCUT2D eigenvalue weighted by Gasteiger charge is -2.30. The highest BCUT2D eigenvalue weighted by atomic mass is 127. The fourth-order valence-corrected chi connectivity index (χ4v) is 38.1. The highest BCUT2D eigenvalue weighted by Crippen LogP contribution is 2.24. The minimum atomic E-state index is -3.96. The van der Waals surface area contributed by atoms with Crippen LogP contribution in [0.5, 0.6) is 0 Å². The normalized spacial score (nSPS) is 10.9. The highest BCUT2D eigenvalue weighted by Gasteiger charge is 2.29. The Morgan fingerprint density at radius 3 is 0.909 bits per heavy atom. The lowest BCUT2D eigenvalue weighted by molar-refractivity contribution is -0.140. The number of hydrogen-bond acceptors (Lipinski definition) is 10. The number of ether oxygens (including phenoxy) is 2. The van der Waals surface area contributed by atoms with Crippen molar-refractivity contribution < 1.29 is 64.7 Å². The van der Waals surface area contributed by atoms with Crippen molar-refractivity contribution in [2.45, 2.75) is 467 Å². The molecule has 143 heavy (non-hydrogen) atoms. The minimum Gasteiger partial charge on any atom is -0.466 e. The third-order valence-corrected chi connectivity index (χ3v) is 48.8. The number of hydrogen-bond donors (Lipinski definition) is 2. The van der Waals surface area contributed by atoms with Gasteiger partial charge in [-0.25, -0.2) is 0 Å². The summed E-state index contributed by atoms with van der Waals surface area (Å²) in [7, 11) is -6.91. The van der Waals surface area contributed by atoms with Crippen LogP contribution in [0.25, 0.3) is 0 Å². The number of para-hydroxylation sites is 2. The van der Waals surface area contributed by atoms with E-state index in [1.165, 1.54) is 75.7 Å². The first-order chi connectivity index (χ1) is 63.6. The molecule has 0 bridgehead atoms. The summed E-state index contributed by atoms with van der Waals surface area (Å²) in [5, 5.41) is 7.14. The number of esters is 1. The summed E-state index contributed by atoms with van der Waals surface area (Å²) < 4.78 is 58.4. The number of nitrogens with zero attached hydrogens (tertiary/aromatic N) is 4. The van der Waals surface area contributed by atoms with E-state index in [1.54, 1.807) is 72.4 Å². The van der Waals surface area contributed by atoms with Gasteiger partial charge in [0.1, 0.15) is 0 Å². The second-order valence-corrected chi connectivity index (χ2v) is 101. The van der Waals surface area contributed by atoms with Gasteiger partial charge in [0.05, 0.1) is 46.1 Å². The number of rotatable bonds is 27. The summed E-state index contributed by atoms with van der Waals surface area (Å²) in [4.78, 5) is 80.3. The van der Waals surface area contributed by atoms with E-state index in [0.29, 0.717) is 17.2 Å². The molecule has 0 aliphatic rings. The summed E-state index contributed by atoms with van der Waals surface area (Å²) in [6, 6.07) is 42.4. The third-order valence-electron chi connectivity index (χ3n) is 19.1. The molecule has 0 heterocycles. The third kappa shape index (κ3) is 150. The van der Waals surface area contributed by atoms with Crippen molar-refractivity contribution in [1.29, 1.82) is 0 Å². The average molecular weight is 2430 g/mol. The number of carbonyl (C=O) groups excluding carboxylic acids is 6. The zero-order chi connectivity index (χ0) is 115. The lowest BCUT2D eigenvalue weighted by atomic mass is 10.2. The van der Waals surface area contributed by atoms with E-state index >= 15 is 0 Å². The van der Waals surface area contributed by atoms with Gasteiger partial charge in [0.2, 0.25) is 29.5 Å². The Kier molecular flexibility index (Phi) is 121. The summed E-state index contributed by atoms with van der Waals surface area (Å²) >= 11 is 4.85. The van der Waals surface area contributed by atoms with Crippen LogP contribution in [0.3, 0.4) is 0 Å². The molecule has 4 rings (SSSR count). The second kappa shape index (κ2) is 98.4. The maximum absolute atomic E-state index is 11.8. The summed E-state index contributed by atoms with van der Waals surface area (Å²) in [6.07, 6.45) is 3.77. The van der Waals surface area contributed by atoms with Gasteiger partial charge in [-0.05, 0) is 155 Å². The van der Waals surface area contributed by atoms with Crippen molar-refractivity contribution in [2.75, 3.05) is 81.6 Å². The number of benzene rings is 4. The van der Waals surface area contributed by atoms with Crippen LogP contribution >= 0.6 is 45.2 Å². The molecule has 2 N–H and O–H groups in total. The number of halogens is 6. The first-order valence-corrected chi connectivity index (χ1v) is 89.1. The Morgan fingerprint density at radius 2 is 0.762 bits per heavy atom. The molecule has 0 radical (unpaired) electrons. The van der Waals surface area contributed by atoms with E-state index in [0.717, 1.165) is 78.9 Å². The molecule has 1 unspecified atom stereocenters. The quantitative estimate of drug-likeness (QED) is 0.0192. The number of carbonyl (C=O) groups is 6. The molecular weight excluding hydrogens is 2190 g/mol. The van der Waals surface area contributed by atoms with Crippen molar-refractivity contribution in [3.63, 3.8) is 0 Å². The highest BCUT2D eigenvalue weighted by molar-refractivity contribution is 14.1. The maximum atomic E-state index is 11.8. The van der Waals surface area contributed by atoms with Crippen LogP contribution in [0.2, 0.25) is 207 Å². The predicted molar refractivity (Wildman–Crippen MR) is 689 cm³/mol. The topological polar surface area (TPSA) is 175 Å². The van der Waals surface area contributed by atoms with Gasteiger partial charge in [-0.1, -0.05) is 426 Å². The standard InChI is InChI=1S/2C14H23NOSi.C12H22Si2.C10H13NO.C7H20Si2.C6H18OSi2.C5H11I.C5H11NO.C5H14Si.C5H12.C4H9I.C4H9NO.C4H8O2.C4H12OSi.C4H10O.C3H5F3.C3H8.CH3F.2CH4/c1-6-10-17(4,5)14-9-7-8-13(11-14)15(3)12(2)16;1-5-11-17(3,4)12-15(13(2)16)14-9-7-6-8-10-14;1-13(2,3)11-7-9-12(10-8-11)14(4,5)6;1-3-11(9(2)12)10-7-5-4-6-8-10;2*1-8(2,3)7-9(4,5)6;1-4-5(2,3)6;1-4-6(3)5(2)7;1-5-6(2,3)4;1-4-5(2)3;1-3-4(2)5;1-3-5-4(2)6;1-3-6-4(2)5;1-4-6(2,3)5;1-3-5-4-2;1-2-3(4,5)6;1-3-2;1-2;;/h7-9,11H,6,10H2,1-5H3;6-10H,5,11-12H2,1-4H3;7-10H,1-6H3;4-8H,3H2,1-2H3;7H2,1-6H3;1-6H3;4H2,1-3H3;4H2,1-3H3;5H2,1-4H3;5H,4H2,1-3H3;4H,3H2,1-2H3;3H2,1-2H3,(H,5,6);3H2,1-2H3;5H,4H2,1-3H3;3-4H2,1-2H3;2H2,1H3;3H2,1-2H3;1H3;2*1H4. The molecule has 0 spiro atoms. The number of anilines is 3. The van der Waals surface area contributed by atoms with Crippen molar-refractivity contribution in [1.82, 2.24) is 10.2 Å². The molecule has 15 nitrogen and oxygen atoms in total. The van der Waals surface area contributed by atoms with E-state index in [2.05, 4.69) is 351 Å². The zero-order valence-electron chi connectivity index (χ0n) is 103. The van der Waals surface area contributed by atoms with E-state index in [9.17, 15) is 46.3 Å². The molecule has 0 aromatic heterocycles. The predicted octanol–water partition coefficient (Wildman–Crippen LogP) is 35.3. The fourth-order valence-electron chi connectivity index (χ4n) is 10.3. The lowest BCUT2D eigenvalue weighted by Crippen LogP contribution is -2.44. The molecular formula is C112H239F4I2N5O10Si10. The molecule has 0 aliphatic carbocycles. The Hall–Kier alpha value is -3.07. The van der Waals surface area contributed by atoms with Gasteiger partial charge in [0.25, 0.3) is 0 Å². The first-order valence-electron chi connectivity index (χ1n) is 52.0. The molecule has 4 aromatic carbocycles. The van der Waals surface area contributed by atoms with Crippen LogP contribution in [0.15, 0.2) is 109 Å². The molecule has 1 atom stereocenters. The Labute approximate surface area is 925 Å². The maximum Gasteiger partial charge on any atom is 0.388 e. The van der Waals surface area contributed by atoms with Crippen molar-refractivity contribution >= 4 is 195 Å². The van der Waals surface area contributed by atoms with Crippen LogP contribution in [0.4, 0.5) is 34.6 Å². The first kappa shape index (κ1) is 176. The summed E-state index contributed by atoms with van der Waals surface area (Å²) in [6.45, 7) is 120. The van der Waals surface area contributed by atoms with Gasteiger partial charge in [-0.2, -0.15) is 13.2 Å². The van der Waals surface area contributed by atoms with Crippen LogP contribution in [-0.2, 0) is 42.4 Å². The smallest absolute Gasteiger partial charge is 0.388 e. The van der Waals surface area contributed by atoms with Gasteiger partial charge >= 0.3 is 12.1 Å². The summed E-state index contributed by atoms with van der Waals surface area (Å²) in [5.41, 5.74) is 4.57. The van der Waals surface area contributed by atoms with E-state index in [1.807, 2.05) is 133 Å². The van der Waals surface area contributed by atoms with E-state index in [4.69, 9.17) is 13.6 Å². The van der Waals surface area contributed by atoms with E-state index in [-0.39, 0.29) is 50.4 Å². The largest absolute Gasteiger partial charge is 0.466 e. The second-order valence-electron chi connectivity index (χ2n) is 45.1. The van der Waals surface area contributed by atoms with E-state index < -0.39 is 94.1 Å². The number of alkyl halides is 6. The SMILES string of the molecule is C.C.CCC.CCC(C)(C)I.CCC(C)C.CCC(C)I.CCC(F)(F)F.CCC[Si](C)(C)CN(C(C)=O)c1ccccc1.CCC[Si](C)(C)c1cccc(N(C)C(C)=O)c1.CCN(C(C)=O)c1ccccc1.CCN(C)C(C)=O.CCNC(C)=O.CCOC(C)=O.CCOCC.CC[Si](C)(C)C.CC[Si](C)(C)O.CF.C[Si](C)(C)C[Si](C)(C)C.C[Si](C)(C)O[Si](C)(C)C.C[Si](C)(C)c1ccc([Si](C)(C)C)cc1. The van der Waals surface area contributed by atoms with Gasteiger partial charge < -0.3 is 43.3 Å². The minimum absolute atomic E-state index is 0. The molecule has 0 fully saturated rings. The molecule has 4 aromatic rings. The van der Waals surface area contributed by atoms with Crippen LogP contribution in [-0.4, -0.2) is 207 Å². The van der Waals surface area contributed by atoms with Crippen molar-refractivity contribution in [3.05, 3.63) is 109 Å². The molecule has 0 saturated heterocycles.